The van der Waals surface area contributed by atoms with Crippen molar-refractivity contribution in [3.63, 3.8) is 0 Å². The standard InChI is InChI=1S/C15H15ClN2O2S/c1-10-7-12(16)4-6-14(10)20-9-15(19)18-17-8-13-5-3-11(2)21-13/h3-8H,9H2,1-2H3,(H,18,19). The summed E-state index contributed by atoms with van der Waals surface area (Å²) in [7, 11) is 0. The maximum Gasteiger partial charge on any atom is 0.277 e. The average Bonchev–Trinajstić information content (AvgIpc) is 2.83. The molecule has 0 spiro atoms. The van der Waals surface area contributed by atoms with Crippen LogP contribution in [0.5, 0.6) is 5.75 Å². The lowest BCUT2D eigenvalue weighted by Crippen LogP contribution is -2.24. The summed E-state index contributed by atoms with van der Waals surface area (Å²) >= 11 is 7.46. The molecule has 1 amide bonds. The Bertz CT molecular complexity index is 667. The summed E-state index contributed by atoms with van der Waals surface area (Å²) in [6, 6.07) is 9.19. The molecule has 0 saturated heterocycles. The van der Waals surface area contributed by atoms with Gasteiger partial charge in [0.25, 0.3) is 5.91 Å². The molecule has 4 nitrogen and oxygen atoms in total. The van der Waals surface area contributed by atoms with Gasteiger partial charge >= 0.3 is 0 Å². The van der Waals surface area contributed by atoms with Crippen molar-refractivity contribution in [2.75, 3.05) is 6.61 Å². The molecule has 0 atom stereocenters. The van der Waals surface area contributed by atoms with Gasteiger partial charge in [-0.1, -0.05) is 11.6 Å². The van der Waals surface area contributed by atoms with E-state index in [1.807, 2.05) is 26.0 Å². The predicted octanol–water partition coefficient (Wildman–Crippen LogP) is 3.55. The molecule has 2 rings (SSSR count). The fourth-order valence-corrected chi connectivity index (χ4v) is 2.62. The van der Waals surface area contributed by atoms with Crippen LogP contribution in [0.1, 0.15) is 15.3 Å². The van der Waals surface area contributed by atoms with Crippen LogP contribution in [0.4, 0.5) is 0 Å². The Kier molecular flexibility index (Phi) is 5.36. The molecule has 2 aromatic rings. The molecule has 1 heterocycles. The summed E-state index contributed by atoms with van der Waals surface area (Å²) in [6.45, 7) is 3.79. The Balaban J connectivity index is 1.81. The summed E-state index contributed by atoms with van der Waals surface area (Å²) in [4.78, 5) is 13.8. The van der Waals surface area contributed by atoms with Gasteiger partial charge in [-0.15, -0.1) is 11.3 Å². The molecule has 21 heavy (non-hydrogen) atoms. The number of hydrogen-bond donors (Lipinski definition) is 1. The van der Waals surface area contributed by atoms with Gasteiger partial charge in [0.05, 0.1) is 6.21 Å². The van der Waals surface area contributed by atoms with Crippen LogP contribution in [-0.4, -0.2) is 18.7 Å². The van der Waals surface area contributed by atoms with Crippen molar-refractivity contribution in [3.05, 3.63) is 50.7 Å². The average molecular weight is 323 g/mol. The highest BCUT2D eigenvalue weighted by Crippen LogP contribution is 2.21. The van der Waals surface area contributed by atoms with Crippen LogP contribution in [0.25, 0.3) is 0 Å². The summed E-state index contributed by atoms with van der Waals surface area (Å²) in [5, 5.41) is 4.53. The number of nitrogens with one attached hydrogen (secondary N) is 1. The number of thiophene rings is 1. The molecule has 1 aromatic heterocycles. The quantitative estimate of drug-likeness (QED) is 0.676. The van der Waals surface area contributed by atoms with E-state index in [9.17, 15) is 4.79 Å². The maximum absolute atomic E-state index is 11.6. The molecule has 6 heteroatoms. The smallest absolute Gasteiger partial charge is 0.277 e. The third-order valence-corrected chi connectivity index (χ3v) is 3.81. The van der Waals surface area contributed by atoms with Gasteiger partial charge in [-0.3, -0.25) is 4.79 Å². The summed E-state index contributed by atoms with van der Waals surface area (Å²) < 4.78 is 5.42. The predicted molar refractivity (Wildman–Crippen MR) is 86.5 cm³/mol. The molecule has 110 valence electrons. The summed E-state index contributed by atoms with van der Waals surface area (Å²) in [6.07, 6.45) is 1.61. The number of nitrogens with zero attached hydrogens (tertiary/aromatic N) is 1. The molecule has 1 aromatic carbocycles. The van der Waals surface area contributed by atoms with Crippen LogP contribution in [-0.2, 0) is 4.79 Å². The molecule has 0 bridgehead atoms. The number of hydrogen-bond acceptors (Lipinski definition) is 4. The van der Waals surface area contributed by atoms with Crippen LogP contribution in [0.2, 0.25) is 5.02 Å². The highest BCUT2D eigenvalue weighted by molar-refractivity contribution is 7.13. The third kappa shape index (κ3) is 4.88. The first-order valence-electron chi connectivity index (χ1n) is 6.32. The lowest BCUT2D eigenvalue weighted by molar-refractivity contribution is -0.123. The second-order valence-electron chi connectivity index (χ2n) is 4.44. The number of ether oxygens (including phenoxy) is 1. The zero-order valence-electron chi connectivity index (χ0n) is 11.7. The number of halogens is 1. The van der Waals surface area contributed by atoms with Crippen molar-refractivity contribution in [2.45, 2.75) is 13.8 Å². The van der Waals surface area contributed by atoms with Gasteiger partial charge < -0.3 is 4.74 Å². The number of hydrazone groups is 1. The van der Waals surface area contributed by atoms with Gasteiger partial charge in [0.15, 0.2) is 6.61 Å². The topological polar surface area (TPSA) is 50.7 Å². The number of rotatable bonds is 5. The number of benzene rings is 1. The molecular weight excluding hydrogens is 308 g/mol. The van der Waals surface area contributed by atoms with E-state index in [1.54, 1.807) is 35.8 Å². The summed E-state index contributed by atoms with van der Waals surface area (Å²) in [5.41, 5.74) is 3.31. The molecule has 0 unspecified atom stereocenters. The highest BCUT2D eigenvalue weighted by Gasteiger charge is 2.04. The van der Waals surface area contributed by atoms with Crippen molar-refractivity contribution in [1.29, 1.82) is 0 Å². The van der Waals surface area contributed by atoms with Crippen LogP contribution in [0, 0.1) is 13.8 Å². The van der Waals surface area contributed by atoms with Crippen LogP contribution in [0.3, 0.4) is 0 Å². The minimum Gasteiger partial charge on any atom is -0.483 e. The van der Waals surface area contributed by atoms with Crippen molar-refractivity contribution in [2.24, 2.45) is 5.10 Å². The normalized spacial score (nSPS) is 10.8. The Hall–Kier alpha value is -1.85. The van der Waals surface area contributed by atoms with E-state index in [0.29, 0.717) is 10.8 Å². The molecule has 0 fully saturated rings. The van der Waals surface area contributed by atoms with E-state index >= 15 is 0 Å². The van der Waals surface area contributed by atoms with E-state index in [2.05, 4.69) is 10.5 Å². The lowest BCUT2D eigenvalue weighted by Gasteiger charge is -2.08. The second kappa shape index (κ2) is 7.24. The van der Waals surface area contributed by atoms with E-state index in [-0.39, 0.29) is 12.5 Å². The van der Waals surface area contributed by atoms with Crippen molar-refractivity contribution in [1.82, 2.24) is 5.43 Å². The van der Waals surface area contributed by atoms with Crippen LogP contribution in [0.15, 0.2) is 35.4 Å². The van der Waals surface area contributed by atoms with Gasteiger partial charge in [0, 0.05) is 14.8 Å². The minimum absolute atomic E-state index is 0.0940. The Morgan fingerprint density at radius 2 is 2.19 bits per heavy atom. The maximum atomic E-state index is 11.6. The number of aryl methyl sites for hydroxylation is 2. The van der Waals surface area contributed by atoms with Gasteiger partial charge in [-0.2, -0.15) is 5.10 Å². The fourth-order valence-electron chi connectivity index (χ4n) is 1.64. The van der Waals surface area contributed by atoms with Crippen molar-refractivity contribution in [3.8, 4) is 5.75 Å². The first-order chi connectivity index (χ1) is 10.0. The van der Waals surface area contributed by atoms with Crippen molar-refractivity contribution < 1.29 is 9.53 Å². The molecule has 0 aliphatic carbocycles. The minimum atomic E-state index is -0.311. The van der Waals surface area contributed by atoms with E-state index in [0.717, 1.165) is 10.4 Å². The Labute approximate surface area is 132 Å². The Morgan fingerprint density at radius 1 is 1.38 bits per heavy atom. The zero-order valence-corrected chi connectivity index (χ0v) is 13.3. The van der Waals surface area contributed by atoms with Gasteiger partial charge in [0.2, 0.25) is 0 Å². The molecule has 0 saturated carbocycles. The van der Waals surface area contributed by atoms with Crippen LogP contribution < -0.4 is 10.2 Å². The van der Waals surface area contributed by atoms with Gasteiger partial charge in [0.1, 0.15) is 5.75 Å². The van der Waals surface area contributed by atoms with Gasteiger partial charge in [-0.05, 0) is 49.7 Å². The molecule has 1 N–H and O–H groups in total. The van der Waals surface area contributed by atoms with Gasteiger partial charge in [-0.25, -0.2) is 5.43 Å². The first-order valence-corrected chi connectivity index (χ1v) is 7.51. The SMILES string of the molecule is Cc1ccc(C=NNC(=O)COc2ccc(Cl)cc2C)s1. The molecular formula is C15H15ClN2O2S. The number of carbonyl (C=O) groups is 1. The van der Waals surface area contributed by atoms with Crippen molar-refractivity contribution >= 4 is 35.1 Å². The monoisotopic (exact) mass is 322 g/mol. The lowest BCUT2D eigenvalue weighted by atomic mass is 10.2. The summed E-state index contributed by atoms with van der Waals surface area (Å²) in [5.74, 6) is 0.321. The largest absolute Gasteiger partial charge is 0.483 e. The van der Waals surface area contributed by atoms with E-state index in [4.69, 9.17) is 16.3 Å². The Morgan fingerprint density at radius 3 is 2.86 bits per heavy atom. The zero-order chi connectivity index (χ0) is 15.2. The van der Waals surface area contributed by atoms with E-state index < -0.39 is 0 Å². The third-order valence-electron chi connectivity index (χ3n) is 2.64. The molecule has 0 aliphatic rings. The van der Waals surface area contributed by atoms with Crippen LogP contribution >= 0.6 is 22.9 Å². The molecule has 0 radical (unpaired) electrons. The number of amides is 1. The number of carbonyl (C=O) groups excluding carboxylic acids is 1. The fraction of sp³-hybridized carbons (Fsp3) is 0.200. The molecule has 0 aliphatic heterocycles. The highest BCUT2D eigenvalue weighted by atomic mass is 35.5. The van der Waals surface area contributed by atoms with E-state index in [1.165, 1.54) is 4.88 Å². The second-order valence-corrected chi connectivity index (χ2v) is 6.20. The first kappa shape index (κ1) is 15.5.